The van der Waals surface area contributed by atoms with Gasteiger partial charge in [0.1, 0.15) is 0 Å². The van der Waals surface area contributed by atoms with Crippen LogP contribution in [-0.2, 0) is 4.65 Å². The standard InChI is InChI=1S/C9H11BNO/c1-7-9(12-10-11-7)8-5-3-2-4-6-8/h2-7,9,11H,1H3. The van der Waals surface area contributed by atoms with Crippen molar-refractivity contribution in [3.8, 4) is 0 Å². The van der Waals surface area contributed by atoms with E-state index >= 15 is 0 Å². The van der Waals surface area contributed by atoms with Crippen LogP contribution in [0.5, 0.6) is 0 Å². The fourth-order valence-corrected chi connectivity index (χ4v) is 1.44. The van der Waals surface area contributed by atoms with E-state index in [0.717, 1.165) is 0 Å². The van der Waals surface area contributed by atoms with Crippen molar-refractivity contribution in [2.45, 2.75) is 19.1 Å². The van der Waals surface area contributed by atoms with Crippen molar-refractivity contribution < 1.29 is 4.65 Å². The fourth-order valence-electron chi connectivity index (χ4n) is 1.44. The molecule has 0 aromatic heterocycles. The Morgan fingerprint density at radius 2 is 2.08 bits per heavy atom. The van der Waals surface area contributed by atoms with E-state index in [1.807, 2.05) is 18.2 Å². The Bertz CT molecular complexity index is 252. The van der Waals surface area contributed by atoms with E-state index in [0.29, 0.717) is 6.04 Å². The van der Waals surface area contributed by atoms with Gasteiger partial charge in [-0.25, -0.2) is 0 Å². The first-order valence-corrected chi connectivity index (χ1v) is 4.16. The van der Waals surface area contributed by atoms with Crippen molar-refractivity contribution >= 4 is 7.62 Å². The first-order valence-electron chi connectivity index (χ1n) is 4.16. The minimum atomic E-state index is 0.172. The van der Waals surface area contributed by atoms with E-state index in [2.05, 4.69) is 24.3 Å². The molecule has 2 atom stereocenters. The minimum Gasteiger partial charge on any atom is -0.416 e. The van der Waals surface area contributed by atoms with Gasteiger partial charge in [0.25, 0.3) is 0 Å². The quantitative estimate of drug-likeness (QED) is 0.624. The zero-order valence-electron chi connectivity index (χ0n) is 7.03. The predicted molar refractivity (Wildman–Crippen MR) is 48.6 cm³/mol. The Kier molecular flexibility index (Phi) is 2.15. The summed E-state index contributed by atoms with van der Waals surface area (Å²) in [5.41, 5.74) is 1.23. The topological polar surface area (TPSA) is 21.3 Å². The molecule has 1 fully saturated rings. The maximum Gasteiger partial charge on any atom is 0.396 e. The lowest BCUT2D eigenvalue weighted by atomic mass is 10.0. The maximum atomic E-state index is 5.42. The summed E-state index contributed by atoms with van der Waals surface area (Å²) in [6.07, 6.45) is 0.172. The molecule has 1 aliphatic heterocycles. The van der Waals surface area contributed by atoms with E-state index in [9.17, 15) is 0 Å². The van der Waals surface area contributed by atoms with Crippen LogP contribution in [0, 0.1) is 0 Å². The average molecular weight is 160 g/mol. The van der Waals surface area contributed by atoms with Crippen molar-refractivity contribution in [3.63, 3.8) is 0 Å². The van der Waals surface area contributed by atoms with Crippen molar-refractivity contribution in [2.75, 3.05) is 0 Å². The number of nitrogens with one attached hydrogen (secondary N) is 1. The molecule has 0 aliphatic carbocycles. The molecule has 12 heavy (non-hydrogen) atoms. The summed E-state index contributed by atoms with van der Waals surface area (Å²) in [5, 5.41) is 3.12. The molecule has 2 unspecified atom stereocenters. The zero-order valence-corrected chi connectivity index (χ0v) is 7.03. The van der Waals surface area contributed by atoms with E-state index in [4.69, 9.17) is 4.65 Å². The van der Waals surface area contributed by atoms with Crippen LogP contribution < -0.4 is 5.23 Å². The highest BCUT2D eigenvalue weighted by molar-refractivity contribution is 6.24. The summed E-state index contributed by atoms with van der Waals surface area (Å²) in [4.78, 5) is 0. The highest BCUT2D eigenvalue weighted by Gasteiger charge is 2.25. The molecule has 1 heterocycles. The lowest BCUT2D eigenvalue weighted by molar-refractivity contribution is 0.228. The third-order valence-corrected chi connectivity index (χ3v) is 2.13. The van der Waals surface area contributed by atoms with Crippen molar-refractivity contribution in [2.24, 2.45) is 0 Å². The molecule has 0 bridgehead atoms. The average Bonchev–Trinajstić information content (AvgIpc) is 2.53. The van der Waals surface area contributed by atoms with Gasteiger partial charge < -0.3 is 9.88 Å². The molecule has 1 saturated heterocycles. The highest BCUT2D eigenvalue weighted by atomic mass is 16.5. The van der Waals surface area contributed by atoms with Crippen molar-refractivity contribution in [1.82, 2.24) is 5.23 Å². The summed E-state index contributed by atoms with van der Waals surface area (Å²) in [5.74, 6) is 0. The van der Waals surface area contributed by atoms with Gasteiger partial charge in [0.05, 0.1) is 6.10 Å². The van der Waals surface area contributed by atoms with Crippen LogP contribution in [0.2, 0.25) is 0 Å². The second-order valence-corrected chi connectivity index (χ2v) is 3.04. The van der Waals surface area contributed by atoms with Crippen LogP contribution in [0.4, 0.5) is 0 Å². The Hall–Kier alpha value is -0.795. The zero-order chi connectivity index (χ0) is 8.39. The van der Waals surface area contributed by atoms with Crippen LogP contribution in [0.25, 0.3) is 0 Å². The van der Waals surface area contributed by atoms with Crippen molar-refractivity contribution in [3.05, 3.63) is 35.9 Å². The van der Waals surface area contributed by atoms with E-state index in [1.165, 1.54) is 5.56 Å². The first-order chi connectivity index (χ1) is 5.88. The van der Waals surface area contributed by atoms with Crippen LogP contribution in [0.3, 0.4) is 0 Å². The lowest BCUT2D eigenvalue weighted by Gasteiger charge is -2.14. The molecule has 1 N–H and O–H groups in total. The number of rotatable bonds is 1. The molecule has 1 radical (unpaired) electrons. The maximum absolute atomic E-state index is 5.42. The smallest absolute Gasteiger partial charge is 0.396 e. The van der Waals surface area contributed by atoms with Gasteiger partial charge in [-0.2, -0.15) is 0 Å². The summed E-state index contributed by atoms with van der Waals surface area (Å²) >= 11 is 0. The molecule has 1 aromatic carbocycles. The van der Waals surface area contributed by atoms with Crippen LogP contribution in [0.15, 0.2) is 30.3 Å². The molecular weight excluding hydrogens is 149 g/mol. The predicted octanol–water partition coefficient (Wildman–Crippen LogP) is 1.27. The Labute approximate surface area is 73.2 Å². The summed E-state index contributed by atoms with van der Waals surface area (Å²) in [6, 6.07) is 10.6. The highest BCUT2D eigenvalue weighted by Crippen LogP contribution is 2.23. The van der Waals surface area contributed by atoms with Crippen molar-refractivity contribution in [1.29, 1.82) is 0 Å². The molecule has 0 saturated carbocycles. The normalized spacial score (nSPS) is 28.4. The number of hydrogen-bond donors (Lipinski definition) is 1. The van der Waals surface area contributed by atoms with Crippen LogP contribution in [-0.4, -0.2) is 13.7 Å². The third kappa shape index (κ3) is 1.38. The Morgan fingerprint density at radius 1 is 1.33 bits per heavy atom. The molecule has 1 aliphatic rings. The molecule has 2 nitrogen and oxygen atoms in total. The SMILES string of the molecule is CC1N[B]OC1c1ccccc1. The van der Waals surface area contributed by atoms with Gasteiger partial charge in [0.15, 0.2) is 0 Å². The van der Waals surface area contributed by atoms with E-state index < -0.39 is 0 Å². The molecule has 1 aromatic rings. The second kappa shape index (κ2) is 3.29. The largest absolute Gasteiger partial charge is 0.416 e. The number of benzene rings is 1. The van der Waals surface area contributed by atoms with Gasteiger partial charge >= 0.3 is 7.62 Å². The molecule has 0 amide bonds. The summed E-state index contributed by atoms with van der Waals surface area (Å²) < 4.78 is 5.42. The summed E-state index contributed by atoms with van der Waals surface area (Å²) in [6.45, 7) is 2.11. The van der Waals surface area contributed by atoms with Gasteiger partial charge in [-0.15, -0.1) is 0 Å². The first kappa shape index (κ1) is 7.83. The van der Waals surface area contributed by atoms with E-state index in [-0.39, 0.29) is 6.10 Å². The van der Waals surface area contributed by atoms with Crippen LogP contribution in [0.1, 0.15) is 18.6 Å². The minimum absolute atomic E-state index is 0.172. The van der Waals surface area contributed by atoms with Gasteiger partial charge in [-0.3, -0.25) is 0 Å². The molecular formula is C9H11BNO. The Morgan fingerprint density at radius 3 is 2.67 bits per heavy atom. The molecule has 3 heteroatoms. The van der Waals surface area contributed by atoms with Gasteiger partial charge in [-0.1, -0.05) is 30.3 Å². The fraction of sp³-hybridized carbons (Fsp3) is 0.333. The van der Waals surface area contributed by atoms with Gasteiger partial charge in [0, 0.05) is 6.04 Å². The Balaban J connectivity index is 2.19. The monoisotopic (exact) mass is 160 g/mol. The number of hydrogen-bond acceptors (Lipinski definition) is 2. The molecule has 0 spiro atoms. The lowest BCUT2D eigenvalue weighted by Crippen LogP contribution is -2.22. The van der Waals surface area contributed by atoms with E-state index in [1.54, 1.807) is 7.62 Å². The molecule has 2 rings (SSSR count). The second-order valence-electron chi connectivity index (χ2n) is 3.04. The van der Waals surface area contributed by atoms with Crippen LogP contribution >= 0.6 is 0 Å². The molecule has 61 valence electrons. The summed E-state index contributed by atoms with van der Waals surface area (Å²) in [7, 11) is 1.67. The van der Waals surface area contributed by atoms with Gasteiger partial charge in [-0.05, 0) is 12.5 Å². The van der Waals surface area contributed by atoms with Gasteiger partial charge in [0.2, 0.25) is 0 Å². The third-order valence-electron chi connectivity index (χ3n) is 2.13.